The van der Waals surface area contributed by atoms with E-state index in [0.717, 1.165) is 29.2 Å². The normalized spacial score (nSPS) is 12.0. The highest BCUT2D eigenvalue weighted by atomic mass is 32.2. The number of aliphatic hydroxyl groups is 1. The highest BCUT2D eigenvalue weighted by molar-refractivity contribution is 7.91. The number of nitrogens with one attached hydrogen (secondary N) is 7. The molecule has 4 aromatic rings. The average molecular weight is 886 g/mol. The van der Waals surface area contributed by atoms with E-state index in [0.29, 0.717) is 60.3 Å². The number of hydrogen-bond acceptors (Lipinski definition) is 15. The van der Waals surface area contributed by atoms with Gasteiger partial charge in [0.25, 0.3) is 17.7 Å². The molecule has 8 N–H and O–H groups in total. The van der Waals surface area contributed by atoms with Crippen molar-refractivity contribution in [2.45, 2.75) is 26.6 Å². The minimum atomic E-state index is -3.47. The van der Waals surface area contributed by atoms with E-state index in [1.165, 1.54) is 0 Å². The van der Waals surface area contributed by atoms with E-state index in [9.17, 15) is 36.3 Å². The fourth-order valence-corrected chi connectivity index (χ4v) is 6.74. The van der Waals surface area contributed by atoms with E-state index in [2.05, 4.69) is 37.8 Å². The van der Waals surface area contributed by atoms with Crippen LogP contribution in [0.15, 0.2) is 85.2 Å². The number of nitrogens with zero attached hydrogens (tertiary/aromatic N) is 1. The highest BCUT2D eigenvalue weighted by Crippen LogP contribution is 2.27. The summed E-state index contributed by atoms with van der Waals surface area (Å²) in [5.41, 5.74) is 18.8. The van der Waals surface area contributed by atoms with Crippen molar-refractivity contribution in [1.82, 2.24) is 21.6 Å². The maximum absolute atomic E-state index is 12.7. The molecule has 0 spiro atoms. The smallest absolute Gasteiger partial charge is 0.290 e. The van der Waals surface area contributed by atoms with Gasteiger partial charge in [-0.05, 0) is 84.6 Å². The van der Waals surface area contributed by atoms with E-state index in [4.69, 9.17) is 14.3 Å². The fraction of sp³-hybridized carbons (Fsp3) is 0.350. The van der Waals surface area contributed by atoms with E-state index < -0.39 is 43.3 Å². The lowest BCUT2D eigenvalue weighted by Crippen LogP contribution is -2.41. The molecular weight excluding hydrogens is 833 g/mol. The first-order valence-corrected chi connectivity index (χ1v) is 23.1. The quantitative estimate of drug-likeness (QED) is 0.0200. The Kier molecular flexibility index (Phi) is 18.4. The van der Waals surface area contributed by atoms with Crippen molar-refractivity contribution in [3.05, 3.63) is 102 Å². The number of hydrogen-bond donors (Lipinski definition) is 8. The maximum atomic E-state index is 12.7. The van der Waals surface area contributed by atoms with E-state index >= 15 is 0 Å². The third kappa shape index (κ3) is 18.2. The Morgan fingerprint density at radius 1 is 0.754 bits per heavy atom. The Bertz CT molecular complexity index is 2350. The van der Waals surface area contributed by atoms with Gasteiger partial charge < -0.3 is 35.5 Å². The molecule has 1 heterocycles. The Hall–Kier alpha value is -5.68. The minimum absolute atomic E-state index is 0.0556. The predicted molar refractivity (Wildman–Crippen MR) is 230 cm³/mol. The molecule has 3 aromatic carbocycles. The molecule has 3 amide bonds. The molecule has 0 saturated carbocycles. The number of anilines is 3. The number of aliphatic hydroxyl groups excluding tert-OH is 1. The van der Waals surface area contributed by atoms with Gasteiger partial charge in [-0.25, -0.2) is 22.3 Å². The Morgan fingerprint density at radius 2 is 1.44 bits per heavy atom. The summed E-state index contributed by atoms with van der Waals surface area (Å²) in [5, 5.41) is 15.5. The van der Waals surface area contributed by atoms with Crippen LogP contribution < -0.4 is 47.2 Å². The zero-order valence-corrected chi connectivity index (χ0v) is 36.0. The van der Waals surface area contributed by atoms with Crippen molar-refractivity contribution in [3.63, 3.8) is 0 Å². The average Bonchev–Trinajstić information content (AvgIpc) is 3.18. The van der Waals surface area contributed by atoms with Crippen LogP contribution in [-0.4, -0.2) is 109 Å². The van der Waals surface area contributed by atoms with Crippen LogP contribution in [0.3, 0.4) is 0 Å². The lowest BCUT2D eigenvalue weighted by molar-refractivity contribution is -0.684. The number of aromatic nitrogens is 1. The summed E-state index contributed by atoms with van der Waals surface area (Å²) in [5.74, 6) is -1.82. The van der Waals surface area contributed by atoms with E-state index in [1.54, 1.807) is 54.2 Å². The number of hydroxylamine groups is 1. The monoisotopic (exact) mass is 885 g/mol. The summed E-state index contributed by atoms with van der Waals surface area (Å²) in [4.78, 5) is 42.9. The second-order valence-electron chi connectivity index (χ2n) is 14.0. The van der Waals surface area contributed by atoms with Crippen LogP contribution >= 0.6 is 0 Å². The first-order valence-electron chi connectivity index (χ1n) is 19.0. The van der Waals surface area contributed by atoms with Crippen LogP contribution in [0.5, 0.6) is 5.75 Å². The summed E-state index contributed by atoms with van der Waals surface area (Å²) in [6.07, 6.45) is 4.00. The molecule has 0 saturated heterocycles. The molecule has 330 valence electrons. The van der Waals surface area contributed by atoms with Crippen LogP contribution in [0.1, 0.15) is 21.5 Å². The third-order valence-corrected chi connectivity index (χ3v) is 10.1. The molecule has 0 radical (unpaired) electrons. The molecule has 0 aliphatic heterocycles. The number of benzene rings is 3. The van der Waals surface area contributed by atoms with Crippen molar-refractivity contribution < 1.29 is 55.2 Å². The summed E-state index contributed by atoms with van der Waals surface area (Å²) >= 11 is 0. The number of carbonyl (C=O) groups excluding carboxylic acids is 3. The second-order valence-corrected chi connectivity index (χ2v) is 18.3. The van der Waals surface area contributed by atoms with Gasteiger partial charge in [0.15, 0.2) is 32.1 Å². The van der Waals surface area contributed by atoms with Gasteiger partial charge in [0.1, 0.15) is 23.3 Å². The number of sulfone groups is 2. The molecule has 0 bridgehead atoms. The van der Waals surface area contributed by atoms with Gasteiger partial charge in [-0.2, -0.15) is 10.0 Å². The zero-order chi connectivity index (χ0) is 44.4. The number of hydrazine groups is 2. The highest BCUT2D eigenvalue weighted by Gasteiger charge is 2.16. The lowest BCUT2D eigenvalue weighted by atomic mass is 10.0. The molecule has 4 rings (SSSR count). The van der Waals surface area contributed by atoms with Crippen LogP contribution in [0.25, 0.3) is 11.1 Å². The van der Waals surface area contributed by atoms with Crippen molar-refractivity contribution in [2.75, 3.05) is 79.7 Å². The molecule has 21 heteroatoms. The molecule has 0 aliphatic carbocycles. The molecule has 1 aromatic heterocycles. The van der Waals surface area contributed by atoms with Crippen molar-refractivity contribution in [1.29, 1.82) is 0 Å². The largest absolute Gasteiger partial charge is 0.409 e. The van der Waals surface area contributed by atoms with Gasteiger partial charge in [-0.1, -0.05) is 18.2 Å². The zero-order valence-electron chi connectivity index (χ0n) is 34.3. The first kappa shape index (κ1) is 48.0. The SMILES string of the molecule is Cc1cc(NC(=O)C[n+]2cccc(C(=O)NCCOCCOCCNOc3cccc(-c4ccc(NNC(O)CS(C)(=O)=O)c(C)c4)c3)c2)ccc1NNC(=O)CS(C)(=O)=O. The molecular formula is C40H53N8O11S2+. The lowest BCUT2D eigenvalue weighted by Gasteiger charge is -2.16. The van der Waals surface area contributed by atoms with Gasteiger partial charge in [-0.15, -0.1) is 0 Å². The molecule has 1 atom stereocenters. The summed E-state index contributed by atoms with van der Waals surface area (Å²) in [6, 6.07) is 21.5. The third-order valence-electron chi connectivity index (χ3n) is 8.36. The summed E-state index contributed by atoms with van der Waals surface area (Å²) in [6.45, 7) is 5.58. The van der Waals surface area contributed by atoms with Gasteiger partial charge in [0.05, 0.1) is 50.1 Å². The van der Waals surface area contributed by atoms with Gasteiger partial charge in [-0.3, -0.25) is 25.2 Å². The van der Waals surface area contributed by atoms with Crippen LogP contribution in [0.2, 0.25) is 0 Å². The molecule has 61 heavy (non-hydrogen) atoms. The van der Waals surface area contributed by atoms with Gasteiger partial charge in [0, 0.05) is 30.8 Å². The first-order chi connectivity index (χ1) is 28.9. The van der Waals surface area contributed by atoms with Crippen molar-refractivity contribution >= 4 is 54.5 Å². The maximum Gasteiger partial charge on any atom is 0.290 e. The Balaban J connectivity index is 1.06. The molecule has 0 aliphatic rings. The molecule has 0 fully saturated rings. The van der Waals surface area contributed by atoms with E-state index in [1.807, 2.05) is 49.4 Å². The predicted octanol–water partition coefficient (Wildman–Crippen LogP) is 1.01. The number of amides is 3. The Labute approximate surface area is 355 Å². The van der Waals surface area contributed by atoms with E-state index in [-0.39, 0.29) is 31.5 Å². The van der Waals surface area contributed by atoms with Crippen molar-refractivity contribution in [2.24, 2.45) is 0 Å². The second kappa shape index (κ2) is 23.4. The van der Waals surface area contributed by atoms with Crippen LogP contribution in [0, 0.1) is 13.8 Å². The van der Waals surface area contributed by atoms with Gasteiger partial charge >= 0.3 is 0 Å². The standard InChI is InChI=1S/C40H52N8O11S2/c1-28-21-31(10-12-35(28)44-46-38(50)26-60(3,53)54)30-7-5-9-34(23-30)59-42-15-18-58-20-19-57-17-14-41-40(52)32-8-6-16-48(24-32)25-37(49)43-33-11-13-36(29(2)22-33)45-47-39(51)27-61(4,55)56/h5-13,16,21-24,38,42,44-46,50H,14-15,17-20,25-27H2,1-4H3,(H2-,41,43,47,49,51,52)/p+1. The van der Waals surface area contributed by atoms with Crippen molar-refractivity contribution in [3.8, 4) is 16.9 Å². The Morgan fingerprint density at radius 3 is 2.15 bits per heavy atom. The number of ether oxygens (including phenoxy) is 2. The topological polar surface area (TPSA) is 255 Å². The van der Waals surface area contributed by atoms with Crippen LogP contribution in [-0.2, 0) is 45.3 Å². The van der Waals surface area contributed by atoms with Crippen LogP contribution in [0.4, 0.5) is 17.1 Å². The number of rotatable bonds is 25. The summed E-state index contributed by atoms with van der Waals surface area (Å²) < 4.78 is 58.0. The molecule has 1 unspecified atom stereocenters. The molecule has 19 nitrogen and oxygen atoms in total. The fourth-order valence-electron chi connectivity index (χ4n) is 5.53. The number of carbonyl (C=O) groups is 3. The minimum Gasteiger partial charge on any atom is -0.409 e. The van der Waals surface area contributed by atoms with Gasteiger partial charge in [0.2, 0.25) is 6.54 Å². The number of aryl methyl sites for hydroxylation is 2. The number of pyridine rings is 1. The summed E-state index contributed by atoms with van der Waals surface area (Å²) in [7, 11) is -6.80.